The topological polar surface area (TPSA) is 23.5 Å². The summed E-state index contributed by atoms with van der Waals surface area (Å²) in [5.74, 6) is 1.09. The molecular weight excluding hydrogens is 338 g/mol. The van der Waals surface area contributed by atoms with E-state index in [0.29, 0.717) is 17.7 Å². The van der Waals surface area contributed by atoms with Crippen molar-refractivity contribution in [3.05, 3.63) is 65.2 Å². The molecule has 0 spiro atoms. The normalized spacial score (nSPS) is 23.5. The quantitative estimate of drug-likeness (QED) is 0.864. The standard InChI is InChI=1S/C19H21NO.BrH/c21-19-8-4-7-15-16-11-12-20(18(16)10-9-17(15)19)13-14-5-2-1-3-6-14;/h1-8,16,18,21H,9-13H2;1H. The van der Waals surface area contributed by atoms with Gasteiger partial charge < -0.3 is 5.11 Å². The molecule has 22 heavy (non-hydrogen) atoms. The Bertz CT molecular complexity index is 643. The fourth-order valence-electron chi connectivity index (χ4n) is 4.18. The van der Waals surface area contributed by atoms with Crippen molar-refractivity contribution in [2.24, 2.45) is 0 Å². The number of likely N-dealkylation sites (tertiary alicyclic amines) is 1. The zero-order valence-corrected chi connectivity index (χ0v) is 14.3. The number of aromatic hydroxyl groups is 1. The Morgan fingerprint density at radius 2 is 1.82 bits per heavy atom. The van der Waals surface area contributed by atoms with E-state index in [-0.39, 0.29) is 17.0 Å². The van der Waals surface area contributed by atoms with Gasteiger partial charge in [0, 0.05) is 18.5 Å². The van der Waals surface area contributed by atoms with Crippen LogP contribution in [0.15, 0.2) is 48.5 Å². The van der Waals surface area contributed by atoms with Crippen molar-refractivity contribution in [1.29, 1.82) is 0 Å². The Balaban J connectivity index is 0.00000144. The molecule has 1 fully saturated rings. The van der Waals surface area contributed by atoms with Crippen LogP contribution in [0.4, 0.5) is 0 Å². The molecule has 2 aliphatic rings. The number of phenols is 1. The van der Waals surface area contributed by atoms with Gasteiger partial charge in [0.1, 0.15) is 5.75 Å². The summed E-state index contributed by atoms with van der Waals surface area (Å²) in [4.78, 5) is 2.63. The van der Waals surface area contributed by atoms with E-state index >= 15 is 0 Å². The second-order valence-corrected chi connectivity index (χ2v) is 6.30. The van der Waals surface area contributed by atoms with Gasteiger partial charge in [-0.05, 0) is 48.6 Å². The minimum Gasteiger partial charge on any atom is -0.508 e. The first-order valence-corrected chi connectivity index (χ1v) is 7.91. The SMILES string of the molecule is Br.Oc1cccc2c1CCC1C2CCN1Cc1ccccc1. The lowest BCUT2D eigenvalue weighted by atomic mass is 9.79. The van der Waals surface area contributed by atoms with Crippen molar-refractivity contribution in [2.75, 3.05) is 6.54 Å². The molecule has 116 valence electrons. The second-order valence-electron chi connectivity index (χ2n) is 6.30. The molecule has 1 aliphatic carbocycles. The summed E-state index contributed by atoms with van der Waals surface area (Å²) in [5.41, 5.74) is 3.99. The molecule has 1 N–H and O–H groups in total. The number of nitrogens with zero attached hydrogens (tertiary/aromatic N) is 1. The predicted molar refractivity (Wildman–Crippen MR) is 94.7 cm³/mol. The van der Waals surface area contributed by atoms with E-state index in [1.54, 1.807) is 0 Å². The van der Waals surface area contributed by atoms with Gasteiger partial charge in [0.05, 0.1) is 0 Å². The van der Waals surface area contributed by atoms with Gasteiger partial charge in [0.15, 0.2) is 0 Å². The van der Waals surface area contributed by atoms with Gasteiger partial charge in [0.25, 0.3) is 0 Å². The molecular formula is C19H22BrNO. The van der Waals surface area contributed by atoms with Crippen molar-refractivity contribution < 1.29 is 5.11 Å². The van der Waals surface area contributed by atoms with E-state index < -0.39 is 0 Å². The van der Waals surface area contributed by atoms with Crippen LogP contribution >= 0.6 is 17.0 Å². The molecule has 2 aromatic rings. The predicted octanol–water partition coefficient (Wildman–Crippen LogP) is 4.27. The summed E-state index contributed by atoms with van der Waals surface area (Å²) in [6.07, 6.45) is 3.39. The zero-order chi connectivity index (χ0) is 14.2. The molecule has 1 aliphatic heterocycles. The molecule has 0 bridgehead atoms. The zero-order valence-electron chi connectivity index (χ0n) is 12.6. The van der Waals surface area contributed by atoms with Gasteiger partial charge in [-0.3, -0.25) is 4.90 Å². The number of fused-ring (bicyclic) bond motifs is 3. The highest BCUT2D eigenvalue weighted by molar-refractivity contribution is 8.93. The maximum absolute atomic E-state index is 10.1. The van der Waals surface area contributed by atoms with Crippen molar-refractivity contribution in [1.82, 2.24) is 4.90 Å². The Hall–Kier alpha value is -1.32. The minimum absolute atomic E-state index is 0. The molecule has 1 heterocycles. The number of hydrogen-bond acceptors (Lipinski definition) is 2. The number of phenolic OH excluding ortho intramolecular Hbond substituents is 1. The lowest BCUT2D eigenvalue weighted by Gasteiger charge is -2.33. The average molecular weight is 360 g/mol. The number of hydrogen-bond donors (Lipinski definition) is 1. The summed E-state index contributed by atoms with van der Waals surface area (Å²) >= 11 is 0. The summed E-state index contributed by atoms with van der Waals surface area (Å²) in [7, 11) is 0. The van der Waals surface area contributed by atoms with Crippen LogP contribution in [0, 0.1) is 0 Å². The van der Waals surface area contributed by atoms with Crippen molar-refractivity contribution >= 4 is 17.0 Å². The number of rotatable bonds is 2. The maximum Gasteiger partial charge on any atom is 0.119 e. The van der Waals surface area contributed by atoms with E-state index in [1.165, 1.54) is 36.1 Å². The first-order valence-electron chi connectivity index (χ1n) is 7.91. The van der Waals surface area contributed by atoms with Gasteiger partial charge in [-0.15, -0.1) is 17.0 Å². The van der Waals surface area contributed by atoms with E-state index in [9.17, 15) is 5.11 Å². The highest BCUT2D eigenvalue weighted by atomic mass is 79.9. The first kappa shape index (κ1) is 15.6. The molecule has 4 rings (SSSR count). The molecule has 0 amide bonds. The maximum atomic E-state index is 10.1. The number of benzene rings is 2. The van der Waals surface area contributed by atoms with Gasteiger partial charge in [0.2, 0.25) is 0 Å². The van der Waals surface area contributed by atoms with Crippen LogP contribution in [-0.4, -0.2) is 22.6 Å². The minimum atomic E-state index is 0. The van der Waals surface area contributed by atoms with Gasteiger partial charge in [-0.1, -0.05) is 42.5 Å². The van der Waals surface area contributed by atoms with Crippen molar-refractivity contribution in [3.63, 3.8) is 0 Å². The van der Waals surface area contributed by atoms with Crippen LogP contribution in [0.5, 0.6) is 5.75 Å². The lowest BCUT2D eigenvalue weighted by Crippen LogP contribution is -2.34. The molecule has 1 saturated heterocycles. The number of halogens is 1. The fraction of sp³-hybridized carbons (Fsp3) is 0.368. The van der Waals surface area contributed by atoms with E-state index in [2.05, 4.69) is 41.3 Å². The first-order chi connectivity index (χ1) is 10.3. The Kier molecular flexibility index (Phi) is 4.55. The molecule has 2 atom stereocenters. The third-order valence-electron chi connectivity index (χ3n) is 5.17. The summed E-state index contributed by atoms with van der Waals surface area (Å²) in [5, 5.41) is 10.1. The van der Waals surface area contributed by atoms with E-state index in [0.717, 1.165) is 13.0 Å². The van der Waals surface area contributed by atoms with E-state index in [1.807, 2.05) is 12.1 Å². The smallest absolute Gasteiger partial charge is 0.119 e. The summed E-state index contributed by atoms with van der Waals surface area (Å²) < 4.78 is 0. The molecule has 2 nitrogen and oxygen atoms in total. The summed E-state index contributed by atoms with van der Waals surface area (Å²) in [6.45, 7) is 2.22. The summed E-state index contributed by atoms with van der Waals surface area (Å²) in [6, 6.07) is 17.4. The Labute approximate surface area is 142 Å². The van der Waals surface area contributed by atoms with Crippen LogP contribution in [-0.2, 0) is 13.0 Å². The van der Waals surface area contributed by atoms with Crippen LogP contribution < -0.4 is 0 Å². The molecule has 0 radical (unpaired) electrons. The van der Waals surface area contributed by atoms with Gasteiger partial charge in [-0.25, -0.2) is 0 Å². The Morgan fingerprint density at radius 3 is 2.64 bits per heavy atom. The lowest BCUT2D eigenvalue weighted by molar-refractivity contribution is 0.218. The monoisotopic (exact) mass is 359 g/mol. The molecule has 3 heteroatoms. The van der Waals surface area contributed by atoms with Crippen molar-refractivity contribution in [2.45, 2.75) is 37.8 Å². The van der Waals surface area contributed by atoms with Gasteiger partial charge >= 0.3 is 0 Å². The van der Waals surface area contributed by atoms with Crippen molar-refractivity contribution in [3.8, 4) is 5.75 Å². The van der Waals surface area contributed by atoms with Crippen LogP contribution in [0.3, 0.4) is 0 Å². The Morgan fingerprint density at radius 1 is 1.00 bits per heavy atom. The second kappa shape index (κ2) is 6.43. The highest BCUT2D eigenvalue weighted by Gasteiger charge is 2.38. The van der Waals surface area contributed by atoms with Crippen LogP contribution in [0.2, 0.25) is 0 Å². The fourth-order valence-corrected chi connectivity index (χ4v) is 4.18. The van der Waals surface area contributed by atoms with Crippen LogP contribution in [0.25, 0.3) is 0 Å². The molecule has 0 aromatic heterocycles. The van der Waals surface area contributed by atoms with Crippen LogP contribution in [0.1, 0.15) is 35.4 Å². The van der Waals surface area contributed by atoms with Gasteiger partial charge in [-0.2, -0.15) is 0 Å². The molecule has 2 unspecified atom stereocenters. The van der Waals surface area contributed by atoms with E-state index in [4.69, 9.17) is 0 Å². The highest BCUT2D eigenvalue weighted by Crippen LogP contribution is 2.44. The molecule has 2 aromatic carbocycles. The third kappa shape index (κ3) is 2.68. The molecule has 0 saturated carbocycles. The average Bonchev–Trinajstić information content (AvgIpc) is 2.92. The third-order valence-corrected chi connectivity index (χ3v) is 5.17. The largest absolute Gasteiger partial charge is 0.508 e.